The number of rotatable bonds is 8. The zero-order valence-corrected chi connectivity index (χ0v) is 14.7. The third-order valence-corrected chi connectivity index (χ3v) is 3.62. The van der Waals surface area contributed by atoms with E-state index in [-0.39, 0.29) is 12.5 Å². The fourth-order valence-corrected chi connectivity index (χ4v) is 2.38. The fourth-order valence-electron chi connectivity index (χ4n) is 2.20. The van der Waals surface area contributed by atoms with Gasteiger partial charge in [-0.3, -0.25) is 4.79 Å². The van der Waals surface area contributed by atoms with E-state index in [1.54, 1.807) is 24.3 Å². The summed E-state index contributed by atoms with van der Waals surface area (Å²) in [5, 5.41) is 3.34. The molecule has 0 aliphatic carbocycles. The van der Waals surface area contributed by atoms with Gasteiger partial charge in [0.05, 0.1) is 6.54 Å². The molecule has 0 atom stereocenters. The molecule has 0 bridgehead atoms. The van der Waals surface area contributed by atoms with Crippen molar-refractivity contribution in [1.29, 1.82) is 0 Å². The van der Waals surface area contributed by atoms with Crippen LogP contribution in [0.5, 0.6) is 11.5 Å². The number of carbonyl (C=O) groups is 1. The van der Waals surface area contributed by atoms with Crippen LogP contribution < -0.4 is 14.8 Å². The first-order valence-electron chi connectivity index (χ1n) is 7.93. The standard InChI is InChI=1S/C19H22ClNO3/c1-14(2)17-8-3-4-9-18(17)23-11-10-21-19(22)13-24-16-7-5-6-15(20)12-16/h3-9,12,14H,10-11,13H2,1-2H3,(H,21,22). The third kappa shape index (κ3) is 5.78. The minimum atomic E-state index is -0.198. The molecule has 0 aliphatic rings. The molecule has 2 aromatic rings. The largest absolute Gasteiger partial charge is 0.491 e. The highest BCUT2D eigenvalue weighted by molar-refractivity contribution is 6.30. The predicted octanol–water partition coefficient (Wildman–Crippen LogP) is 4.04. The fraction of sp³-hybridized carbons (Fsp3) is 0.316. The van der Waals surface area contributed by atoms with Gasteiger partial charge in [-0.05, 0) is 35.7 Å². The Morgan fingerprint density at radius 1 is 1.12 bits per heavy atom. The van der Waals surface area contributed by atoms with E-state index >= 15 is 0 Å². The van der Waals surface area contributed by atoms with Crippen LogP contribution in [0.25, 0.3) is 0 Å². The van der Waals surface area contributed by atoms with Crippen LogP contribution in [-0.4, -0.2) is 25.7 Å². The van der Waals surface area contributed by atoms with Gasteiger partial charge in [-0.25, -0.2) is 0 Å². The van der Waals surface area contributed by atoms with Crippen molar-refractivity contribution in [3.8, 4) is 11.5 Å². The molecule has 0 heterocycles. The lowest BCUT2D eigenvalue weighted by Gasteiger charge is -2.14. The molecule has 1 N–H and O–H groups in total. The first kappa shape index (κ1) is 18.1. The minimum Gasteiger partial charge on any atom is -0.491 e. The summed E-state index contributed by atoms with van der Waals surface area (Å²) in [7, 11) is 0. The SMILES string of the molecule is CC(C)c1ccccc1OCCNC(=O)COc1cccc(Cl)c1. The van der Waals surface area contributed by atoms with E-state index in [0.717, 1.165) is 11.3 Å². The molecule has 24 heavy (non-hydrogen) atoms. The zero-order chi connectivity index (χ0) is 17.4. The Morgan fingerprint density at radius 2 is 1.92 bits per heavy atom. The van der Waals surface area contributed by atoms with Gasteiger partial charge in [0.15, 0.2) is 6.61 Å². The van der Waals surface area contributed by atoms with Gasteiger partial charge in [0.25, 0.3) is 5.91 Å². The quantitative estimate of drug-likeness (QED) is 0.733. The van der Waals surface area contributed by atoms with Gasteiger partial charge in [0.1, 0.15) is 18.1 Å². The van der Waals surface area contributed by atoms with Crippen molar-refractivity contribution in [1.82, 2.24) is 5.32 Å². The second-order valence-electron chi connectivity index (χ2n) is 5.64. The monoisotopic (exact) mass is 347 g/mol. The maximum absolute atomic E-state index is 11.8. The predicted molar refractivity (Wildman–Crippen MR) is 96.0 cm³/mol. The van der Waals surface area contributed by atoms with Crippen molar-refractivity contribution in [3.63, 3.8) is 0 Å². The molecule has 0 saturated carbocycles. The van der Waals surface area contributed by atoms with Crippen LogP contribution in [-0.2, 0) is 4.79 Å². The van der Waals surface area contributed by atoms with Gasteiger partial charge >= 0.3 is 0 Å². The molecule has 0 aromatic heterocycles. The van der Waals surface area contributed by atoms with Gasteiger partial charge in [-0.2, -0.15) is 0 Å². The molecule has 0 radical (unpaired) electrons. The van der Waals surface area contributed by atoms with E-state index in [2.05, 4.69) is 25.2 Å². The molecule has 0 spiro atoms. The van der Waals surface area contributed by atoms with Crippen LogP contribution in [0, 0.1) is 0 Å². The topological polar surface area (TPSA) is 47.6 Å². The van der Waals surface area contributed by atoms with Gasteiger partial charge in [-0.15, -0.1) is 0 Å². The normalized spacial score (nSPS) is 10.5. The summed E-state index contributed by atoms with van der Waals surface area (Å²) in [4.78, 5) is 11.8. The zero-order valence-electron chi connectivity index (χ0n) is 13.9. The number of ether oxygens (including phenoxy) is 2. The molecule has 0 saturated heterocycles. The Labute approximate surface area is 147 Å². The molecule has 0 unspecified atom stereocenters. The van der Waals surface area contributed by atoms with Crippen LogP contribution in [0.2, 0.25) is 5.02 Å². The molecule has 0 fully saturated rings. The molecule has 2 aromatic carbocycles. The van der Waals surface area contributed by atoms with Crippen LogP contribution in [0.4, 0.5) is 0 Å². The minimum absolute atomic E-state index is 0.0527. The summed E-state index contributed by atoms with van der Waals surface area (Å²) in [6.45, 7) is 5.02. The Hall–Kier alpha value is -2.20. The number of nitrogens with one attached hydrogen (secondary N) is 1. The highest BCUT2D eigenvalue weighted by atomic mass is 35.5. The molecule has 1 amide bonds. The van der Waals surface area contributed by atoms with Gasteiger partial charge < -0.3 is 14.8 Å². The van der Waals surface area contributed by atoms with Crippen molar-refractivity contribution in [2.45, 2.75) is 19.8 Å². The van der Waals surface area contributed by atoms with E-state index in [4.69, 9.17) is 21.1 Å². The molecule has 2 rings (SSSR count). The van der Waals surface area contributed by atoms with Crippen LogP contribution >= 0.6 is 11.6 Å². The summed E-state index contributed by atoms with van der Waals surface area (Å²) in [6, 6.07) is 14.9. The molecule has 0 aliphatic heterocycles. The van der Waals surface area contributed by atoms with Crippen molar-refractivity contribution in [3.05, 3.63) is 59.1 Å². The first-order chi connectivity index (χ1) is 11.6. The number of para-hydroxylation sites is 1. The molecule has 4 nitrogen and oxygen atoms in total. The third-order valence-electron chi connectivity index (χ3n) is 3.39. The smallest absolute Gasteiger partial charge is 0.258 e. The molecule has 128 valence electrons. The van der Waals surface area contributed by atoms with Gasteiger partial charge in [0, 0.05) is 5.02 Å². The van der Waals surface area contributed by atoms with E-state index in [0.29, 0.717) is 29.8 Å². The second kappa shape index (κ2) is 9.18. The van der Waals surface area contributed by atoms with Gasteiger partial charge in [0.2, 0.25) is 0 Å². The number of amides is 1. The lowest BCUT2D eigenvalue weighted by Crippen LogP contribution is -2.32. The molecule has 5 heteroatoms. The number of hydrogen-bond acceptors (Lipinski definition) is 3. The Bertz CT molecular complexity index is 673. The maximum Gasteiger partial charge on any atom is 0.258 e. The van der Waals surface area contributed by atoms with Crippen molar-refractivity contribution < 1.29 is 14.3 Å². The number of hydrogen-bond donors (Lipinski definition) is 1. The van der Waals surface area contributed by atoms with Crippen LogP contribution in [0.1, 0.15) is 25.3 Å². The summed E-state index contributed by atoms with van der Waals surface area (Å²) >= 11 is 5.86. The maximum atomic E-state index is 11.8. The average Bonchev–Trinajstić information content (AvgIpc) is 2.57. The van der Waals surface area contributed by atoms with Crippen LogP contribution in [0.3, 0.4) is 0 Å². The van der Waals surface area contributed by atoms with Crippen molar-refractivity contribution >= 4 is 17.5 Å². The highest BCUT2D eigenvalue weighted by Crippen LogP contribution is 2.25. The Kier molecular flexibility index (Phi) is 6.94. The first-order valence-corrected chi connectivity index (χ1v) is 8.31. The average molecular weight is 348 g/mol. The summed E-state index contributed by atoms with van der Waals surface area (Å²) < 4.78 is 11.1. The van der Waals surface area contributed by atoms with Crippen molar-refractivity contribution in [2.24, 2.45) is 0 Å². The van der Waals surface area contributed by atoms with E-state index in [1.807, 2.05) is 18.2 Å². The Balaban J connectivity index is 1.70. The number of benzene rings is 2. The van der Waals surface area contributed by atoms with Gasteiger partial charge in [-0.1, -0.05) is 49.7 Å². The van der Waals surface area contributed by atoms with E-state index in [1.165, 1.54) is 0 Å². The lowest BCUT2D eigenvalue weighted by molar-refractivity contribution is -0.123. The molecular weight excluding hydrogens is 326 g/mol. The second-order valence-corrected chi connectivity index (χ2v) is 6.07. The molecular formula is C19H22ClNO3. The van der Waals surface area contributed by atoms with Crippen molar-refractivity contribution in [2.75, 3.05) is 19.8 Å². The number of carbonyl (C=O) groups excluding carboxylic acids is 1. The lowest BCUT2D eigenvalue weighted by atomic mass is 10.0. The van der Waals surface area contributed by atoms with E-state index < -0.39 is 0 Å². The van der Waals surface area contributed by atoms with E-state index in [9.17, 15) is 4.79 Å². The summed E-state index contributed by atoms with van der Waals surface area (Å²) in [5.74, 6) is 1.62. The Morgan fingerprint density at radius 3 is 2.67 bits per heavy atom. The number of halogens is 1. The summed E-state index contributed by atoms with van der Waals surface area (Å²) in [5.41, 5.74) is 1.16. The van der Waals surface area contributed by atoms with Crippen LogP contribution in [0.15, 0.2) is 48.5 Å². The summed E-state index contributed by atoms with van der Waals surface area (Å²) in [6.07, 6.45) is 0. The highest BCUT2D eigenvalue weighted by Gasteiger charge is 2.07.